The van der Waals surface area contributed by atoms with Gasteiger partial charge in [0.25, 0.3) is 0 Å². The molecule has 1 aliphatic carbocycles. The van der Waals surface area contributed by atoms with Crippen LogP contribution in [0.15, 0.2) is 0 Å². The van der Waals surface area contributed by atoms with Crippen molar-refractivity contribution < 1.29 is 0 Å². The third kappa shape index (κ3) is 2.84. The van der Waals surface area contributed by atoms with Gasteiger partial charge in [0.1, 0.15) is 0 Å². The summed E-state index contributed by atoms with van der Waals surface area (Å²) >= 11 is 0. The molecule has 1 unspecified atom stereocenters. The van der Waals surface area contributed by atoms with Crippen LogP contribution >= 0.6 is 0 Å². The van der Waals surface area contributed by atoms with E-state index in [0.29, 0.717) is 6.04 Å². The van der Waals surface area contributed by atoms with Gasteiger partial charge in [0.05, 0.1) is 0 Å². The average Bonchev–Trinajstić information content (AvgIpc) is 2.02. The minimum absolute atomic E-state index is 0.405. The second-order valence-electron chi connectivity index (χ2n) is 3.53. The summed E-state index contributed by atoms with van der Waals surface area (Å²) in [4.78, 5) is 0. The Balaban J connectivity index is 2.17. The molecule has 0 aliphatic heterocycles. The second kappa shape index (κ2) is 5.18. The molecule has 0 spiro atoms. The summed E-state index contributed by atoms with van der Waals surface area (Å²) in [7, 11) is 0. The lowest BCUT2D eigenvalue weighted by molar-refractivity contribution is 0.262. The summed E-state index contributed by atoms with van der Waals surface area (Å²) in [6.45, 7) is 1.87. The SMILES string of the molecule is CC#CCC(CC1CCC1)NN. The minimum atomic E-state index is 0.405. The fraction of sp³-hybridized carbons (Fsp3) is 0.800. The minimum Gasteiger partial charge on any atom is -0.271 e. The van der Waals surface area contributed by atoms with E-state index >= 15 is 0 Å². The van der Waals surface area contributed by atoms with Gasteiger partial charge in [0.15, 0.2) is 0 Å². The standard InChI is InChI=1S/C10H18N2/c1-2-3-7-10(12-11)8-9-5-4-6-9/h9-10,12H,4-8,11H2,1H3. The average molecular weight is 166 g/mol. The highest BCUT2D eigenvalue weighted by molar-refractivity contribution is 4.98. The number of hydrazine groups is 1. The van der Waals surface area contributed by atoms with Gasteiger partial charge in [-0.1, -0.05) is 19.3 Å². The second-order valence-corrected chi connectivity index (χ2v) is 3.53. The van der Waals surface area contributed by atoms with E-state index in [2.05, 4.69) is 17.3 Å². The molecule has 0 heterocycles. The van der Waals surface area contributed by atoms with Crippen LogP contribution in [-0.2, 0) is 0 Å². The summed E-state index contributed by atoms with van der Waals surface area (Å²) in [6, 6.07) is 0.405. The van der Waals surface area contributed by atoms with E-state index in [1.807, 2.05) is 6.92 Å². The van der Waals surface area contributed by atoms with E-state index in [1.54, 1.807) is 0 Å². The first-order chi connectivity index (χ1) is 5.86. The van der Waals surface area contributed by atoms with Crippen LogP contribution in [0.4, 0.5) is 0 Å². The van der Waals surface area contributed by atoms with E-state index in [4.69, 9.17) is 5.84 Å². The monoisotopic (exact) mass is 166 g/mol. The molecule has 0 aromatic carbocycles. The fourth-order valence-electron chi connectivity index (χ4n) is 1.57. The van der Waals surface area contributed by atoms with Gasteiger partial charge in [-0.3, -0.25) is 11.3 Å². The van der Waals surface area contributed by atoms with Crippen molar-refractivity contribution in [2.45, 2.75) is 45.1 Å². The number of hydrogen-bond donors (Lipinski definition) is 2. The van der Waals surface area contributed by atoms with Crippen molar-refractivity contribution in [3.8, 4) is 11.8 Å². The maximum atomic E-state index is 5.42. The van der Waals surface area contributed by atoms with Gasteiger partial charge < -0.3 is 0 Å². The molecule has 0 amide bonds. The highest BCUT2D eigenvalue weighted by Gasteiger charge is 2.20. The molecular weight excluding hydrogens is 148 g/mol. The summed E-state index contributed by atoms with van der Waals surface area (Å²) in [6.07, 6.45) is 6.27. The Morgan fingerprint density at radius 2 is 2.33 bits per heavy atom. The fourth-order valence-corrected chi connectivity index (χ4v) is 1.57. The first-order valence-electron chi connectivity index (χ1n) is 4.72. The summed E-state index contributed by atoms with van der Waals surface area (Å²) in [5.74, 6) is 12.3. The first kappa shape index (κ1) is 9.57. The quantitative estimate of drug-likeness (QED) is 0.376. The van der Waals surface area contributed by atoms with Crippen molar-refractivity contribution in [3.05, 3.63) is 0 Å². The highest BCUT2D eigenvalue weighted by Crippen LogP contribution is 2.30. The first-order valence-corrected chi connectivity index (χ1v) is 4.72. The van der Waals surface area contributed by atoms with Crippen LogP contribution in [0.5, 0.6) is 0 Å². The molecule has 2 heteroatoms. The Labute approximate surface area is 74.9 Å². The van der Waals surface area contributed by atoms with Gasteiger partial charge in [0, 0.05) is 12.5 Å². The van der Waals surface area contributed by atoms with E-state index in [-0.39, 0.29) is 0 Å². The highest BCUT2D eigenvalue weighted by atomic mass is 15.2. The van der Waals surface area contributed by atoms with Gasteiger partial charge >= 0.3 is 0 Å². The van der Waals surface area contributed by atoms with Crippen LogP contribution in [0, 0.1) is 17.8 Å². The zero-order chi connectivity index (χ0) is 8.81. The largest absolute Gasteiger partial charge is 0.271 e. The Hall–Kier alpha value is -0.520. The number of rotatable bonds is 4. The maximum Gasteiger partial charge on any atom is 0.0322 e. The van der Waals surface area contributed by atoms with Crippen molar-refractivity contribution in [1.82, 2.24) is 5.43 Å². The summed E-state index contributed by atoms with van der Waals surface area (Å²) < 4.78 is 0. The van der Waals surface area contributed by atoms with Crippen molar-refractivity contribution >= 4 is 0 Å². The number of nitrogens with two attached hydrogens (primary N) is 1. The molecule has 1 saturated carbocycles. The van der Waals surface area contributed by atoms with Crippen molar-refractivity contribution in [1.29, 1.82) is 0 Å². The van der Waals surface area contributed by atoms with E-state index in [1.165, 1.54) is 25.7 Å². The molecule has 12 heavy (non-hydrogen) atoms. The normalized spacial score (nSPS) is 19.2. The maximum absolute atomic E-state index is 5.42. The third-order valence-electron chi connectivity index (χ3n) is 2.60. The van der Waals surface area contributed by atoms with Crippen LogP contribution < -0.4 is 11.3 Å². The van der Waals surface area contributed by atoms with E-state index in [0.717, 1.165) is 12.3 Å². The van der Waals surface area contributed by atoms with Crippen molar-refractivity contribution in [2.24, 2.45) is 11.8 Å². The van der Waals surface area contributed by atoms with Crippen LogP contribution in [0.2, 0.25) is 0 Å². The zero-order valence-corrected chi connectivity index (χ0v) is 7.77. The summed E-state index contributed by atoms with van der Waals surface area (Å²) in [5, 5.41) is 0. The van der Waals surface area contributed by atoms with Crippen LogP contribution in [0.25, 0.3) is 0 Å². The third-order valence-corrected chi connectivity index (χ3v) is 2.60. The molecular formula is C10H18N2. The molecule has 3 N–H and O–H groups in total. The van der Waals surface area contributed by atoms with Crippen molar-refractivity contribution in [3.63, 3.8) is 0 Å². The number of nitrogens with one attached hydrogen (secondary N) is 1. The Morgan fingerprint density at radius 1 is 1.58 bits per heavy atom. The molecule has 1 atom stereocenters. The predicted octanol–water partition coefficient (Wildman–Crippen LogP) is 1.42. The van der Waals surface area contributed by atoms with E-state index < -0.39 is 0 Å². The van der Waals surface area contributed by atoms with Gasteiger partial charge in [0.2, 0.25) is 0 Å². The molecule has 1 fully saturated rings. The lowest BCUT2D eigenvalue weighted by Crippen LogP contribution is -2.37. The molecule has 2 nitrogen and oxygen atoms in total. The Bertz CT molecular complexity index is 174. The zero-order valence-electron chi connectivity index (χ0n) is 7.77. The molecule has 1 aliphatic rings. The molecule has 0 aromatic heterocycles. The van der Waals surface area contributed by atoms with Crippen LogP contribution in [-0.4, -0.2) is 6.04 Å². The lowest BCUT2D eigenvalue weighted by Gasteiger charge is -2.28. The molecule has 0 radical (unpaired) electrons. The molecule has 68 valence electrons. The smallest absolute Gasteiger partial charge is 0.0322 e. The summed E-state index contributed by atoms with van der Waals surface area (Å²) in [5.41, 5.74) is 2.83. The molecule has 0 bridgehead atoms. The Kier molecular flexibility index (Phi) is 4.13. The van der Waals surface area contributed by atoms with Crippen LogP contribution in [0.3, 0.4) is 0 Å². The lowest BCUT2D eigenvalue weighted by atomic mass is 9.80. The Morgan fingerprint density at radius 3 is 2.75 bits per heavy atom. The van der Waals surface area contributed by atoms with Gasteiger partial charge in [-0.2, -0.15) is 0 Å². The van der Waals surface area contributed by atoms with Gasteiger partial charge in [-0.25, -0.2) is 0 Å². The van der Waals surface area contributed by atoms with E-state index in [9.17, 15) is 0 Å². The number of hydrogen-bond acceptors (Lipinski definition) is 2. The van der Waals surface area contributed by atoms with Gasteiger partial charge in [-0.05, 0) is 19.3 Å². The molecule has 1 rings (SSSR count). The van der Waals surface area contributed by atoms with Gasteiger partial charge in [-0.15, -0.1) is 11.8 Å². The predicted molar refractivity (Wildman–Crippen MR) is 51.1 cm³/mol. The van der Waals surface area contributed by atoms with Crippen LogP contribution in [0.1, 0.15) is 39.0 Å². The topological polar surface area (TPSA) is 38.0 Å². The molecule has 0 saturated heterocycles. The molecule has 0 aromatic rings. The van der Waals surface area contributed by atoms with Crippen molar-refractivity contribution in [2.75, 3.05) is 0 Å².